The number of halogens is 4. The maximum atomic E-state index is 13.1. The van der Waals surface area contributed by atoms with Gasteiger partial charge in [0.15, 0.2) is 0 Å². The summed E-state index contributed by atoms with van der Waals surface area (Å²) >= 11 is 0. The highest BCUT2D eigenvalue weighted by atomic mass is 35.5. The lowest BCUT2D eigenvalue weighted by atomic mass is 9.93. The molecule has 1 aromatic heterocycles. The van der Waals surface area contributed by atoms with Gasteiger partial charge in [-0.2, -0.15) is 0 Å². The van der Waals surface area contributed by atoms with E-state index in [1.165, 1.54) is 31.4 Å². The fraction of sp³-hybridized carbons (Fsp3) is 0.476. The lowest BCUT2D eigenvalue weighted by Crippen LogP contribution is -2.36. The number of piperidine rings is 1. The third kappa shape index (κ3) is 6.19. The van der Waals surface area contributed by atoms with Gasteiger partial charge in [0.25, 0.3) is 0 Å². The molecule has 0 bridgehead atoms. The molecule has 8 heteroatoms. The standard InChI is InChI=1S/C21H27FN4.3ClH/c1-25-14-12-24-20(25)16-26(19-15-21(19)8-10-23-11-9-21)13-2-3-17-4-6-18(22)7-5-17;;;/h2-7,12,14,19,23H,8-11,13,15-16H2,1H3;3*1H/b3-2+;;;. The molecule has 2 aliphatic rings. The zero-order valence-corrected chi connectivity index (χ0v) is 19.0. The number of imidazole rings is 1. The predicted molar refractivity (Wildman–Crippen MR) is 124 cm³/mol. The Bertz CT molecular complexity index is 772. The van der Waals surface area contributed by atoms with Crippen molar-refractivity contribution in [1.82, 2.24) is 19.8 Å². The second kappa shape index (κ2) is 11.3. The van der Waals surface area contributed by atoms with Gasteiger partial charge in [-0.3, -0.25) is 4.90 Å². The summed E-state index contributed by atoms with van der Waals surface area (Å²) in [5.41, 5.74) is 1.54. The van der Waals surface area contributed by atoms with E-state index in [1.807, 2.05) is 24.5 Å². The van der Waals surface area contributed by atoms with E-state index < -0.39 is 0 Å². The molecule has 4 rings (SSSR count). The molecule has 1 saturated heterocycles. The second-order valence-electron chi connectivity index (χ2n) is 7.67. The van der Waals surface area contributed by atoms with Crippen molar-refractivity contribution in [2.45, 2.75) is 31.8 Å². The molecule has 2 heterocycles. The highest BCUT2D eigenvalue weighted by Gasteiger charge is 2.56. The first-order valence-electron chi connectivity index (χ1n) is 9.49. The zero-order chi connectivity index (χ0) is 18.0. The van der Waals surface area contributed by atoms with Crippen LogP contribution < -0.4 is 5.32 Å². The summed E-state index contributed by atoms with van der Waals surface area (Å²) in [5.74, 6) is 0.917. The Kier molecular flexibility index (Phi) is 10.1. The third-order valence-corrected chi connectivity index (χ3v) is 5.97. The van der Waals surface area contributed by atoms with Crippen molar-refractivity contribution in [3.05, 3.63) is 59.9 Å². The minimum absolute atomic E-state index is 0. The average molecular weight is 464 g/mol. The average Bonchev–Trinajstić information content (AvgIpc) is 3.17. The van der Waals surface area contributed by atoms with Crippen LogP contribution in [0.5, 0.6) is 0 Å². The van der Waals surface area contributed by atoms with Crippen molar-refractivity contribution < 1.29 is 4.39 Å². The SMILES string of the molecule is Cl.Cl.Cl.Cn1ccnc1CN(C/C=C/c1ccc(F)cc1)C1CC12CCNCC2. The smallest absolute Gasteiger partial charge is 0.123 e. The van der Waals surface area contributed by atoms with Gasteiger partial charge < -0.3 is 9.88 Å². The Morgan fingerprint density at radius 1 is 1.21 bits per heavy atom. The molecule has 0 amide bonds. The van der Waals surface area contributed by atoms with Crippen LogP contribution in [-0.2, 0) is 13.6 Å². The molecule has 1 atom stereocenters. The molecule has 1 saturated carbocycles. The number of rotatable bonds is 6. The number of hydrogen-bond donors (Lipinski definition) is 1. The van der Waals surface area contributed by atoms with Crippen LogP contribution in [0.2, 0.25) is 0 Å². The largest absolute Gasteiger partial charge is 0.337 e. The van der Waals surface area contributed by atoms with Gasteiger partial charge >= 0.3 is 0 Å². The zero-order valence-electron chi connectivity index (χ0n) is 16.6. The minimum Gasteiger partial charge on any atom is -0.337 e. The van der Waals surface area contributed by atoms with Crippen molar-refractivity contribution in [3.8, 4) is 0 Å². The van der Waals surface area contributed by atoms with E-state index in [4.69, 9.17) is 0 Å². The lowest BCUT2D eigenvalue weighted by molar-refractivity contribution is 0.207. The number of nitrogens with one attached hydrogen (secondary N) is 1. The van der Waals surface area contributed by atoms with E-state index in [2.05, 4.69) is 39.0 Å². The maximum absolute atomic E-state index is 13.1. The molecular weight excluding hydrogens is 434 g/mol. The summed E-state index contributed by atoms with van der Waals surface area (Å²) in [4.78, 5) is 7.08. The van der Waals surface area contributed by atoms with E-state index in [0.717, 1.165) is 37.6 Å². The van der Waals surface area contributed by atoms with Crippen LogP contribution in [0, 0.1) is 11.2 Å². The molecule has 2 aromatic rings. The Balaban J connectivity index is 0.00000140. The van der Waals surface area contributed by atoms with Crippen molar-refractivity contribution in [2.75, 3.05) is 19.6 Å². The van der Waals surface area contributed by atoms with Crippen LogP contribution in [0.15, 0.2) is 42.7 Å². The van der Waals surface area contributed by atoms with Crippen molar-refractivity contribution in [1.29, 1.82) is 0 Å². The molecule has 4 nitrogen and oxygen atoms in total. The topological polar surface area (TPSA) is 33.1 Å². The van der Waals surface area contributed by atoms with E-state index in [-0.39, 0.29) is 43.0 Å². The van der Waals surface area contributed by atoms with Crippen molar-refractivity contribution in [3.63, 3.8) is 0 Å². The molecular formula is C21H30Cl3FN4. The minimum atomic E-state index is -0.190. The van der Waals surface area contributed by atoms with E-state index in [1.54, 1.807) is 0 Å². The van der Waals surface area contributed by atoms with Crippen LogP contribution in [-0.4, -0.2) is 40.1 Å². The van der Waals surface area contributed by atoms with Gasteiger partial charge in [-0.15, -0.1) is 37.2 Å². The molecule has 0 radical (unpaired) electrons. The first-order chi connectivity index (χ1) is 12.7. The maximum Gasteiger partial charge on any atom is 0.123 e. The fourth-order valence-electron chi connectivity index (χ4n) is 4.24. The lowest BCUT2D eigenvalue weighted by Gasteiger charge is -2.28. The molecule has 2 fully saturated rings. The van der Waals surface area contributed by atoms with E-state index in [0.29, 0.717) is 11.5 Å². The third-order valence-electron chi connectivity index (χ3n) is 5.97. The van der Waals surface area contributed by atoms with Gasteiger partial charge in [0.2, 0.25) is 0 Å². The summed E-state index contributed by atoms with van der Waals surface area (Å²) in [6.45, 7) is 4.04. The van der Waals surface area contributed by atoms with Crippen LogP contribution in [0.3, 0.4) is 0 Å². The molecule has 1 spiro atoms. The van der Waals surface area contributed by atoms with E-state index in [9.17, 15) is 4.39 Å². The van der Waals surface area contributed by atoms with Crippen LogP contribution >= 0.6 is 37.2 Å². The number of aryl methyl sites for hydroxylation is 1. The van der Waals surface area contributed by atoms with Crippen molar-refractivity contribution in [2.24, 2.45) is 12.5 Å². The first-order valence-corrected chi connectivity index (χ1v) is 9.49. The second-order valence-corrected chi connectivity index (χ2v) is 7.67. The van der Waals surface area contributed by atoms with Crippen molar-refractivity contribution >= 4 is 43.3 Å². The molecule has 1 aliphatic carbocycles. The Hall–Kier alpha value is -1.11. The normalized spacial score (nSPS) is 19.5. The summed E-state index contributed by atoms with van der Waals surface area (Å²) < 4.78 is 15.2. The number of nitrogens with zero attached hydrogens (tertiary/aromatic N) is 3. The van der Waals surface area contributed by atoms with Crippen LogP contribution in [0.25, 0.3) is 6.08 Å². The summed E-state index contributed by atoms with van der Waals surface area (Å²) in [6, 6.07) is 7.30. The molecule has 1 unspecified atom stereocenters. The Morgan fingerprint density at radius 2 is 1.90 bits per heavy atom. The monoisotopic (exact) mass is 462 g/mol. The number of hydrogen-bond acceptors (Lipinski definition) is 3. The van der Waals surface area contributed by atoms with Gasteiger partial charge in [0.05, 0.1) is 6.54 Å². The molecule has 1 N–H and O–H groups in total. The Labute approximate surface area is 191 Å². The molecule has 29 heavy (non-hydrogen) atoms. The van der Waals surface area contributed by atoms with Crippen LogP contribution in [0.4, 0.5) is 4.39 Å². The van der Waals surface area contributed by atoms with Gasteiger partial charge in [0, 0.05) is 32.0 Å². The summed E-state index contributed by atoms with van der Waals surface area (Å²) in [5, 5.41) is 3.48. The summed E-state index contributed by atoms with van der Waals surface area (Å²) in [7, 11) is 2.06. The highest BCUT2D eigenvalue weighted by molar-refractivity contribution is 5.86. The fourth-order valence-corrected chi connectivity index (χ4v) is 4.24. The highest BCUT2D eigenvalue weighted by Crippen LogP contribution is 2.55. The Morgan fingerprint density at radius 3 is 2.52 bits per heavy atom. The van der Waals surface area contributed by atoms with Crippen LogP contribution in [0.1, 0.15) is 30.7 Å². The quantitative estimate of drug-likeness (QED) is 0.685. The molecule has 1 aromatic carbocycles. The van der Waals surface area contributed by atoms with Gasteiger partial charge in [-0.1, -0.05) is 24.3 Å². The summed E-state index contributed by atoms with van der Waals surface area (Å²) in [6.07, 6.45) is 12.0. The van der Waals surface area contributed by atoms with E-state index >= 15 is 0 Å². The molecule has 162 valence electrons. The number of benzene rings is 1. The van der Waals surface area contributed by atoms with Gasteiger partial charge in [-0.25, -0.2) is 9.37 Å². The van der Waals surface area contributed by atoms with Gasteiger partial charge in [-0.05, 0) is 55.5 Å². The first kappa shape index (κ1) is 25.9. The predicted octanol–water partition coefficient (Wildman–Crippen LogP) is 4.48. The molecule has 1 aliphatic heterocycles. The number of aromatic nitrogens is 2. The van der Waals surface area contributed by atoms with Gasteiger partial charge in [0.1, 0.15) is 11.6 Å².